The molecule has 2 aromatic rings. The van der Waals surface area contributed by atoms with Crippen molar-refractivity contribution in [2.45, 2.75) is 11.1 Å². The van der Waals surface area contributed by atoms with Crippen molar-refractivity contribution in [3.8, 4) is 0 Å². The smallest absolute Gasteiger partial charge is 0.271 e. The molecule has 17 heavy (non-hydrogen) atoms. The molecule has 0 aliphatic carbocycles. The van der Waals surface area contributed by atoms with Gasteiger partial charge in [0.25, 0.3) is 10.0 Å². The molecule has 7 heteroatoms. The monoisotopic (exact) mass is 288 g/mol. The summed E-state index contributed by atoms with van der Waals surface area (Å²) in [5, 5.41) is 0.243. The van der Waals surface area contributed by atoms with Crippen LogP contribution in [0.15, 0.2) is 34.7 Å². The molecule has 0 saturated heterocycles. The molecular formula is C10H9ClN2O2S2. The molecule has 0 amide bonds. The number of aryl methyl sites for hydroxylation is 1. The molecule has 0 aliphatic rings. The highest BCUT2D eigenvalue weighted by atomic mass is 35.5. The third kappa shape index (κ3) is 2.96. The summed E-state index contributed by atoms with van der Waals surface area (Å²) in [5.74, 6) is 0. The summed E-state index contributed by atoms with van der Waals surface area (Å²) in [6.07, 6.45) is 1.44. The second kappa shape index (κ2) is 4.64. The Morgan fingerprint density at radius 2 is 2.12 bits per heavy atom. The molecule has 0 fully saturated rings. The highest BCUT2D eigenvalue weighted by molar-refractivity contribution is 7.94. The zero-order valence-corrected chi connectivity index (χ0v) is 11.2. The molecule has 0 aliphatic heterocycles. The lowest BCUT2D eigenvalue weighted by Gasteiger charge is -2.05. The molecule has 2 rings (SSSR count). The van der Waals surface area contributed by atoms with E-state index in [-0.39, 0.29) is 9.36 Å². The van der Waals surface area contributed by atoms with Gasteiger partial charge in [-0.3, -0.25) is 4.72 Å². The van der Waals surface area contributed by atoms with Crippen LogP contribution in [0.5, 0.6) is 0 Å². The van der Waals surface area contributed by atoms with Gasteiger partial charge >= 0.3 is 0 Å². The predicted molar refractivity (Wildman–Crippen MR) is 69.1 cm³/mol. The SMILES string of the molecule is Cc1ccc(S(=O)(=O)Nc2ccnc(Cl)c2)s1. The number of hydrogen-bond donors (Lipinski definition) is 1. The van der Waals surface area contributed by atoms with E-state index in [4.69, 9.17) is 11.6 Å². The van der Waals surface area contributed by atoms with Crippen molar-refractivity contribution in [3.05, 3.63) is 40.5 Å². The molecule has 0 radical (unpaired) electrons. The van der Waals surface area contributed by atoms with Gasteiger partial charge in [0.1, 0.15) is 9.36 Å². The van der Waals surface area contributed by atoms with Crippen molar-refractivity contribution in [1.29, 1.82) is 0 Å². The highest BCUT2D eigenvalue weighted by Gasteiger charge is 2.16. The van der Waals surface area contributed by atoms with Crippen molar-refractivity contribution < 1.29 is 8.42 Å². The maximum atomic E-state index is 12.0. The lowest BCUT2D eigenvalue weighted by molar-refractivity contribution is 0.603. The van der Waals surface area contributed by atoms with Gasteiger partial charge in [-0.15, -0.1) is 11.3 Å². The summed E-state index contributed by atoms with van der Waals surface area (Å²) < 4.78 is 26.7. The van der Waals surface area contributed by atoms with Gasteiger partial charge in [0.2, 0.25) is 0 Å². The lowest BCUT2D eigenvalue weighted by atomic mass is 10.4. The molecule has 4 nitrogen and oxygen atoms in total. The Morgan fingerprint density at radius 1 is 1.35 bits per heavy atom. The summed E-state index contributed by atoms with van der Waals surface area (Å²) in [6.45, 7) is 1.85. The fourth-order valence-electron chi connectivity index (χ4n) is 1.23. The van der Waals surface area contributed by atoms with E-state index < -0.39 is 10.0 Å². The Hall–Kier alpha value is -1.11. The summed E-state index contributed by atoms with van der Waals surface area (Å²) in [5.41, 5.74) is 0.399. The minimum absolute atomic E-state index is 0.243. The first kappa shape index (κ1) is 12.3. The standard InChI is InChI=1S/C10H9ClN2O2S2/c1-7-2-3-10(16-7)17(14,15)13-8-4-5-12-9(11)6-8/h2-6H,1H3,(H,12,13). The number of thiophene rings is 1. The van der Waals surface area contributed by atoms with Crippen molar-refractivity contribution in [3.63, 3.8) is 0 Å². The second-order valence-electron chi connectivity index (χ2n) is 3.34. The molecule has 1 N–H and O–H groups in total. The van der Waals surface area contributed by atoms with Crippen LogP contribution < -0.4 is 4.72 Å². The first-order chi connectivity index (χ1) is 7.97. The first-order valence-corrected chi connectivity index (χ1v) is 7.36. The quantitative estimate of drug-likeness (QED) is 0.884. The minimum atomic E-state index is -3.53. The predicted octanol–water partition coefficient (Wildman–Crippen LogP) is 2.91. The fourth-order valence-corrected chi connectivity index (χ4v) is 3.73. The molecule has 0 bridgehead atoms. The van der Waals surface area contributed by atoms with Crippen LogP contribution in [0.1, 0.15) is 4.88 Å². The number of rotatable bonds is 3. The first-order valence-electron chi connectivity index (χ1n) is 4.68. The fraction of sp³-hybridized carbons (Fsp3) is 0.100. The van der Waals surface area contributed by atoms with Gasteiger partial charge in [0, 0.05) is 11.1 Å². The van der Waals surface area contributed by atoms with Crippen molar-refractivity contribution >= 4 is 38.6 Å². The van der Waals surface area contributed by atoms with Crippen LogP contribution in [0.4, 0.5) is 5.69 Å². The van der Waals surface area contributed by atoms with Crippen LogP contribution in [0.25, 0.3) is 0 Å². The topological polar surface area (TPSA) is 59.1 Å². The van der Waals surface area contributed by atoms with E-state index in [1.54, 1.807) is 18.2 Å². The van der Waals surface area contributed by atoms with Gasteiger partial charge in [-0.2, -0.15) is 0 Å². The zero-order valence-electron chi connectivity index (χ0n) is 8.84. The number of halogens is 1. The Morgan fingerprint density at radius 3 is 2.71 bits per heavy atom. The number of nitrogens with zero attached hydrogens (tertiary/aromatic N) is 1. The van der Waals surface area contributed by atoms with Crippen LogP contribution in [0.3, 0.4) is 0 Å². The van der Waals surface area contributed by atoms with Crippen LogP contribution in [0, 0.1) is 6.92 Å². The number of anilines is 1. The van der Waals surface area contributed by atoms with E-state index in [0.29, 0.717) is 5.69 Å². The van der Waals surface area contributed by atoms with Crippen LogP contribution in [-0.2, 0) is 10.0 Å². The zero-order chi connectivity index (χ0) is 12.5. The number of aromatic nitrogens is 1. The highest BCUT2D eigenvalue weighted by Crippen LogP contribution is 2.23. The molecule has 0 saturated carbocycles. The largest absolute Gasteiger partial charge is 0.279 e. The van der Waals surface area contributed by atoms with Crippen LogP contribution in [0.2, 0.25) is 5.15 Å². The van der Waals surface area contributed by atoms with E-state index >= 15 is 0 Å². The molecule has 0 aromatic carbocycles. The minimum Gasteiger partial charge on any atom is -0.279 e. The van der Waals surface area contributed by atoms with Gasteiger partial charge in [-0.05, 0) is 31.2 Å². The molecule has 2 heterocycles. The summed E-state index contributed by atoms with van der Waals surface area (Å²) in [7, 11) is -3.53. The summed E-state index contributed by atoms with van der Waals surface area (Å²) >= 11 is 6.90. The van der Waals surface area contributed by atoms with Crippen LogP contribution >= 0.6 is 22.9 Å². The lowest BCUT2D eigenvalue weighted by Crippen LogP contribution is -2.11. The van der Waals surface area contributed by atoms with E-state index in [1.807, 2.05) is 6.92 Å². The molecule has 0 unspecified atom stereocenters. The molecule has 90 valence electrons. The summed E-state index contributed by atoms with van der Waals surface area (Å²) in [6, 6.07) is 6.34. The van der Waals surface area contributed by atoms with E-state index in [0.717, 1.165) is 4.88 Å². The normalized spacial score (nSPS) is 11.4. The maximum Gasteiger partial charge on any atom is 0.271 e. The van der Waals surface area contributed by atoms with E-state index in [1.165, 1.54) is 23.6 Å². The molecule has 0 atom stereocenters. The van der Waals surface area contributed by atoms with Gasteiger partial charge in [-0.1, -0.05) is 11.6 Å². The van der Waals surface area contributed by atoms with Crippen LogP contribution in [-0.4, -0.2) is 13.4 Å². The van der Waals surface area contributed by atoms with Crippen molar-refractivity contribution in [1.82, 2.24) is 4.98 Å². The Balaban J connectivity index is 2.29. The maximum absolute atomic E-state index is 12.0. The average molecular weight is 289 g/mol. The number of pyridine rings is 1. The van der Waals surface area contributed by atoms with Gasteiger partial charge in [0.05, 0.1) is 5.69 Å². The number of nitrogens with one attached hydrogen (secondary N) is 1. The third-order valence-electron chi connectivity index (χ3n) is 1.96. The van der Waals surface area contributed by atoms with Gasteiger partial charge < -0.3 is 0 Å². The van der Waals surface area contributed by atoms with Crippen molar-refractivity contribution in [2.24, 2.45) is 0 Å². The number of sulfonamides is 1. The van der Waals surface area contributed by atoms with Gasteiger partial charge in [-0.25, -0.2) is 13.4 Å². The van der Waals surface area contributed by atoms with Gasteiger partial charge in [0.15, 0.2) is 0 Å². The Labute approximate surface area is 108 Å². The third-order valence-corrected chi connectivity index (χ3v) is 5.04. The molecular weight excluding hydrogens is 280 g/mol. The molecule has 2 aromatic heterocycles. The Kier molecular flexibility index (Phi) is 3.37. The summed E-state index contributed by atoms with van der Waals surface area (Å²) in [4.78, 5) is 4.72. The Bertz CT molecular complexity index is 637. The van der Waals surface area contributed by atoms with E-state index in [9.17, 15) is 8.42 Å². The molecule has 0 spiro atoms. The average Bonchev–Trinajstić information content (AvgIpc) is 2.65. The van der Waals surface area contributed by atoms with E-state index in [2.05, 4.69) is 9.71 Å². The number of hydrogen-bond acceptors (Lipinski definition) is 4. The second-order valence-corrected chi connectivity index (χ2v) is 6.92. The van der Waals surface area contributed by atoms with Crippen molar-refractivity contribution in [2.75, 3.05) is 4.72 Å².